The van der Waals surface area contributed by atoms with Gasteiger partial charge >= 0.3 is 6.15 Å². The first kappa shape index (κ1) is 30.7. The molecule has 0 unspecified atom stereocenters. The fourth-order valence-corrected chi connectivity index (χ4v) is 6.56. The number of fused-ring (bicyclic) bond motifs is 1. The molecule has 0 atom stereocenters. The maximum absolute atomic E-state index is 13.8. The third kappa shape index (κ3) is 6.29. The molecule has 6 rings (SSSR count). The molecule has 5 aromatic rings. The SMILES string of the molecule is Cc1c(C)n(Cc2ccc(-c3ccccc3)cc2)c2ccc(C(=O)NC3(c4cccc(C(C)C)c4)CCCC3)cc12.O=C=O. The zero-order chi connectivity index (χ0) is 31.3. The fraction of sp³-hybridized carbons (Fsp3) is 0.282. The number of amides is 1. The van der Waals surface area contributed by atoms with Crippen molar-refractivity contribution in [3.8, 4) is 11.1 Å². The standard InChI is InChI=1S/C38H40N2O.CO2/c1-26(2)32-13-10-14-34(23-32)38(21-8-9-22-38)39-37(41)33-19-20-36-35(24-33)27(3)28(4)40(36)25-29-15-17-31(18-16-29)30-11-6-5-7-12-30;2-1-3/h5-7,10-20,23-24,26H,8-9,21-22,25H2,1-4H3,(H,39,41);. The summed E-state index contributed by atoms with van der Waals surface area (Å²) in [5, 5.41) is 4.66. The maximum atomic E-state index is 13.8. The first-order valence-electron chi connectivity index (χ1n) is 15.4. The Bertz CT molecular complexity index is 1790. The smallest absolute Gasteiger partial charge is 0.343 e. The molecule has 0 bridgehead atoms. The molecular weight excluding hydrogens is 544 g/mol. The van der Waals surface area contributed by atoms with Crippen LogP contribution in [0.15, 0.2) is 97.1 Å². The van der Waals surface area contributed by atoms with Crippen molar-refractivity contribution in [1.29, 1.82) is 0 Å². The van der Waals surface area contributed by atoms with Crippen molar-refractivity contribution in [2.24, 2.45) is 0 Å². The average Bonchev–Trinajstić information content (AvgIpc) is 3.61. The van der Waals surface area contributed by atoms with Gasteiger partial charge in [-0.3, -0.25) is 4.79 Å². The minimum absolute atomic E-state index is 0.0186. The van der Waals surface area contributed by atoms with E-state index in [4.69, 9.17) is 9.59 Å². The van der Waals surface area contributed by atoms with Gasteiger partial charge in [0.2, 0.25) is 0 Å². The zero-order valence-corrected chi connectivity index (χ0v) is 26.0. The molecule has 44 heavy (non-hydrogen) atoms. The van der Waals surface area contributed by atoms with Crippen LogP contribution in [0.3, 0.4) is 0 Å². The monoisotopic (exact) mass is 584 g/mol. The Balaban J connectivity index is 0.00000123. The van der Waals surface area contributed by atoms with Gasteiger partial charge in [0.1, 0.15) is 0 Å². The summed E-state index contributed by atoms with van der Waals surface area (Å²) in [7, 11) is 0. The van der Waals surface area contributed by atoms with E-state index in [1.54, 1.807) is 0 Å². The number of aromatic nitrogens is 1. The molecule has 5 nitrogen and oxygen atoms in total. The van der Waals surface area contributed by atoms with Crippen molar-refractivity contribution >= 4 is 23.0 Å². The summed E-state index contributed by atoms with van der Waals surface area (Å²) < 4.78 is 2.37. The Morgan fingerprint density at radius 1 is 0.841 bits per heavy atom. The lowest BCUT2D eigenvalue weighted by Crippen LogP contribution is -2.43. The highest BCUT2D eigenvalue weighted by Crippen LogP contribution is 2.40. The highest BCUT2D eigenvalue weighted by molar-refractivity contribution is 5.99. The number of nitrogens with one attached hydrogen (secondary N) is 1. The molecule has 1 saturated carbocycles. The van der Waals surface area contributed by atoms with E-state index < -0.39 is 0 Å². The largest absolute Gasteiger partial charge is 0.373 e. The Morgan fingerprint density at radius 2 is 1.50 bits per heavy atom. The van der Waals surface area contributed by atoms with Crippen LogP contribution in [0.4, 0.5) is 0 Å². The second kappa shape index (κ2) is 13.3. The quantitative estimate of drug-likeness (QED) is 0.208. The summed E-state index contributed by atoms with van der Waals surface area (Å²) >= 11 is 0. The molecule has 0 aliphatic heterocycles. The highest BCUT2D eigenvalue weighted by atomic mass is 16.2. The first-order chi connectivity index (χ1) is 21.3. The van der Waals surface area contributed by atoms with E-state index in [2.05, 4.69) is 123 Å². The molecule has 224 valence electrons. The summed E-state index contributed by atoms with van der Waals surface area (Å²) in [4.78, 5) is 30.0. The van der Waals surface area contributed by atoms with Crippen LogP contribution in [0.25, 0.3) is 22.0 Å². The second-order valence-corrected chi connectivity index (χ2v) is 12.2. The molecule has 1 aliphatic rings. The molecule has 0 radical (unpaired) electrons. The van der Waals surface area contributed by atoms with Gasteiger partial charge in [0.15, 0.2) is 0 Å². The van der Waals surface area contributed by atoms with E-state index in [-0.39, 0.29) is 17.6 Å². The van der Waals surface area contributed by atoms with E-state index in [9.17, 15) is 4.79 Å². The van der Waals surface area contributed by atoms with Crippen molar-refractivity contribution < 1.29 is 14.4 Å². The van der Waals surface area contributed by atoms with Crippen LogP contribution in [0.1, 0.15) is 83.8 Å². The van der Waals surface area contributed by atoms with Crippen LogP contribution in [0.2, 0.25) is 0 Å². The van der Waals surface area contributed by atoms with Crippen molar-refractivity contribution in [2.45, 2.75) is 71.4 Å². The minimum atomic E-state index is -0.292. The molecule has 0 saturated heterocycles. The third-order valence-electron chi connectivity index (χ3n) is 9.22. The lowest BCUT2D eigenvalue weighted by atomic mass is 9.85. The highest BCUT2D eigenvalue weighted by Gasteiger charge is 2.37. The molecular formula is C39H40N2O3. The van der Waals surface area contributed by atoms with E-state index in [1.165, 1.54) is 44.6 Å². The maximum Gasteiger partial charge on any atom is 0.373 e. The Morgan fingerprint density at radius 3 is 2.16 bits per heavy atom. The first-order valence-corrected chi connectivity index (χ1v) is 15.4. The van der Waals surface area contributed by atoms with Gasteiger partial charge in [-0.05, 0) is 84.2 Å². The molecule has 4 aromatic carbocycles. The molecule has 1 heterocycles. The molecule has 5 heteroatoms. The Hall–Kier alpha value is -4.73. The van der Waals surface area contributed by atoms with Crippen molar-refractivity contribution in [1.82, 2.24) is 9.88 Å². The summed E-state index contributed by atoms with van der Waals surface area (Å²) in [6.45, 7) is 9.61. The van der Waals surface area contributed by atoms with Crippen LogP contribution >= 0.6 is 0 Å². The van der Waals surface area contributed by atoms with Gasteiger partial charge in [0, 0.05) is 28.7 Å². The summed E-state index contributed by atoms with van der Waals surface area (Å²) in [5.74, 6) is 0.480. The van der Waals surface area contributed by atoms with Crippen LogP contribution in [-0.4, -0.2) is 16.6 Å². The average molecular weight is 585 g/mol. The van der Waals surface area contributed by atoms with Crippen molar-refractivity contribution in [2.75, 3.05) is 0 Å². The van der Waals surface area contributed by atoms with E-state index in [0.29, 0.717) is 5.92 Å². The van der Waals surface area contributed by atoms with E-state index >= 15 is 0 Å². The number of hydrogen-bond acceptors (Lipinski definition) is 3. The third-order valence-corrected chi connectivity index (χ3v) is 9.22. The molecule has 1 N–H and O–H groups in total. The lowest BCUT2D eigenvalue weighted by molar-refractivity contribution is -0.191. The van der Waals surface area contributed by atoms with Crippen LogP contribution in [0, 0.1) is 13.8 Å². The molecule has 1 amide bonds. The number of rotatable bonds is 7. The fourth-order valence-electron chi connectivity index (χ4n) is 6.56. The van der Waals surface area contributed by atoms with Gasteiger partial charge in [0.25, 0.3) is 5.91 Å². The molecule has 1 aromatic heterocycles. The van der Waals surface area contributed by atoms with Gasteiger partial charge in [0.05, 0.1) is 5.54 Å². The van der Waals surface area contributed by atoms with Crippen LogP contribution < -0.4 is 5.32 Å². The lowest BCUT2D eigenvalue weighted by Gasteiger charge is -2.32. The Kier molecular flexibility index (Phi) is 9.27. The van der Waals surface area contributed by atoms with Crippen LogP contribution in [0.5, 0.6) is 0 Å². The molecule has 1 aliphatic carbocycles. The normalized spacial score (nSPS) is 13.8. The predicted octanol–water partition coefficient (Wildman–Crippen LogP) is 8.71. The number of hydrogen-bond donors (Lipinski definition) is 1. The topological polar surface area (TPSA) is 68.2 Å². The zero-order valence-electron chi connectivity index (χ0n) is 26.0. The van der Waals surface area contributed by atoms with Crippen molar-refractivity contribution in [3.63, 3.8) is 0 Å². The number of aryl methyl sites for hydroxylation is 1. The number of carbonyl (C=O) groups is 1. The van der Waals surface area contributed by atoms with Gasteiger partial charge in [-0.25, -0.2) is 0 Å². The minimum Gasteiger partial charge on any atom is -0.343 e. The van der Waals surface area contributed by atoms with E-state index in [1.807, 2.05) is 12.1 Å². The summed E-state index contributed by atoms with van der Waals surface area (Å²) in [6, 6.07) is 34.4. The van der Waals surface area contributed by atoms with Crippen molar-refractivity contribution in [3.05, 3.63) is 131 Å². The van der Waals surface area contributed by atoms with Crippen LogP contribution in [-0.2, 0) is 21.7 Å². The molecule has 1 fully saturated rings. The number of benzene rings is 4. The molecule has 0 spiro atoms. The van der Waals surface area contributed by atoms with Gasteiger partial charge < -0.3 is 9.88 Å². The summed E-state index contributed by atoms with van der Waals surface area (Å²) in [6.07, 6.45) is 4.50. The number of nitrogens with zero attached hydrogens (tertiary/aromatic N) is 1. The van der Waals surface area contributed by atoms with Gasteiger partial charge in [-0.15, -0.1) is 0 Å². The number of carbonyl (C=O) groups excluding carboxylic acids is 3. The Labute approximate surface area is 259 Å². The predicted molar refractivity (Wildman–Crippen MR) is 176 cm³/mol. The second-order valence-electron chi connectivity index (χ2n) is 12.2. The van der Waals surface area contributed by atoms with Gasteiger partial charge in [-0.1, -0.05) is 106 Å². The van der Waals surface area contributed by atoms with Gasteiger partial charge in [-0.2, -0.15) is 9.59 Å². The van der Waals surface area contributed by atoms with E-state index in [0.717, 1.165) is 43.2 Å². The summed E-state index contributed by atoms with van der Waals surface area (Å²) in [5.41, 5.74) is 10.4.